The number of carbonyl (C=O) groups excluding carboxylic acids is 2. The van der Waals surface area contributed by atoms with Crippen LogP contribution in [-0.4, -0.2) is 37.2 Å². The fraction of sp³-hybridized carbons (Fsp3) is 0.600. The topological polar surface area (TPSA) is 70.7 Å². The predicted octanol–water partition coefficient (Wildman–Crippen LogP) is 4.55. The summed E-state index contributed by atoms with van der Waals surface area (Å²) in [7, 11) is 3.27. The van der Waals surface area contributed by atoms with Crippen molar-refractivity contribution in [3.05, 3.63) is 23.8 Å². The summed E-state index contributed by atoms with van der Waals surface area (Å²) in [6, 6.07) is 3.74. The average molecular weight is 415 g/mol. The zero-order valence-corrected chi connectivity index (χ0v) is 17.4. The Morgan fingerprint density at radius 1 is 1.17 bits per heavy atom. The van der Waals surface area contributed by atoms with Crippen LogP contribution in [0.1, 0.15) is 52.0 Å². The van der Waals surface area contributed by atoms with E-state index in [1.807, 2.05) is 0 Å². The Morgan fingerprint density at radius 2 is 1.79 bits per heavy atom. The minimum absolute atomic E-state index is 0.126. The second-order valence-electron chi connectivity index (χ2n) is 8.61. The first-order valence-corrected chi connectivity index (χ1v) is 9.40. The molecule has 0 atom stereocenters. The summed E-state index contributed by atoms with van der Waals surface area (Å²) in [5, 5.41) is 5.08. The van der Waals surface area contributed by atoms with Crippen LogP contribution in [0.25, 0.3) is 0 Å². The number of hydrogen-bond acceptors (Lipinski definition) is 4. The van der Waals surface area contributed by atoms with Gasteiger partial charge in [-0.2, -0.15) is 13.2 Å². The number of anilines is 2. The van der Waals surface area contributed by atoms with Gasteiger partial charge in [0.15, 0.2) is 0 Å². The van der Waals surface area contributed by atoms with Gasteiger partial charge in [-0.05, 0) is 58.2 Å². The molecule has 0 radical (unpaired) electrons. The standard InChI is InChI=1S/C20H28F3N3O3/c1-18(2,3)29-17(28)25-19(9-6-10-19)12-16(27)24-15-8-7-13(26(4)5)11-14(15)20(21,22)23/h7-8,11H,6,9-10,12H2,1-5H3,(H,24,27)(H,25,28). The zero-order valence-electron chi connectivity index (χ0n) is 17.4. The third-order valence-corrected chi connectivity index (χ3v) is 4.67. The Balaban J connectivity index is 2.12. The number of rotatable bonds is 5. The Morgan fingerprint density at radius 3 is 2.24 bits per heavy atom. The molecule has 0 bridgehead atoms. The van der Waals surface area contributed by atoms with E-state index in [1.54, 1.807) is 39.8 Å². The molecule has 162 valence electrons. The fourth-order valence-electron chi connectivity index (χ4n) is 3.13. The van der Waals surface area contributed by atoms with Crippen LogP contribution in [0.5, 0.6) is 0 Å². The molecule has 9 heteroatoms. The summed E-state index contributed by atoms with van der Waals surface area (Å²) in [5.74, 6) is -0.594. The molecule has 29 heavy (non-hydrogen) atoms. The molecular formula is C20H28F3N3O3. The number of amides is 2. The molecule has 0 aromatic heterocycles. The molecule has 6 nitrogen and oxygen atoms in total. The smallest absolute Gasteiger partial charge is 0.418 e. The van der Waals surface area contributed by atoms with Crippen LogP contribution in [0.3, 0.4) is 0 Å². The fourth-order valence-corrected chi connectivity index (χ4v) is 3.13. The summed E-state index contributed by atoms with van der Waals surface area (Å²) in [6.45, 7) is 5.17. The van der Waals surface area contributed by atoms with Gasteiger partial charge in [-0.1, -0.05) is 0 Å². The van der Waals surface area contributed by atoms with E-state index in [1.165, 1.54) is 12.1 Å². The highest BCUT2D eigenvalue weighted by atomic mass is 19.4. The van der Waals surface area contributed by atoms with E-state index in [4.69, 9.17) is 4.74 Å². The number of nitrogens with zero attached hydrogens (tertiary/aromatic N) is 1. The second kappa shape index (κ2) is 8.12. The van der Waals surface area contributed by atoms with Gasteiger partial charge >= 0.3 is 12.3 Å². The summed E-state index contributed by atoms with van der Waals surface area (Å²) in [4.78, 5) is 26.1. The molecule has 2 rings (SSSR count). The van der Waals surface area contributed by atoms with Crippen LogP contribution < -0.4 is 15.5 Å². The van der Waals surface area contributed by atoms with Crippen LogP contribution in [-0.2, 0) is 15.7 Å². The molecule has 2 amide bonds. The Bertz CT molecular complexity index is 766. The number of hydrogen-bond donors (Lipinski definition) is 2. The van der Waals surface area contributed by atoms with E-state index >= 15 is 0 Å². The van der Waals surface area contributed by atoms with Gasteiger partial charge in [-0.15, -0.1) is 0 Å². The van der Waals surface area contributed by atoms with Crippen LogP contribution in [0.2, 0.25) is 0 Å². The van der Waals surface area contributed by atoms with E-state index in [0.717, 1.165) is 12.5 Å². The predicted molar refractivity (Wildman–Crippen MR) is 105 cm³/mol. The van der Waals surface area contributed by atoms with Crippen LogP contribution >= 0.6 is 0 Å². The van der Waals surface area contributed by atoms with Crippen molar-refractivity contribution in [3.8, 4) is 0 Å². The molecule has 1 fully saturated rings. The molecule has 0 spiro atoms. The van der Waals surface area contributed by atoms with E-state index in [-0.39, 0.29) is 12.1 Å². The lowest BCUT2D eigenvalue weighted by atomic mass is 9.74. The third-order valence-electron chi connectivity index (χ3n) is 4.67. The minimum Gasteiger partial charge on any atom is -0.444 e. The summed E-state index contributed by atoms with van der Waals surface area (Å²) in [5.41, 5.74) is -2.33. The van der Waals surface area contributed by atoms with E-state index in [0.29, 0.717) is 18.5 Å². The van der Waals surface area contributed by atoms with Crippen LogP contribution in [0, 0.1) is 0 Å². The van der Waals surface area contributed by atoms with Crippen LogP contribution in [0.15, 0.2) is 18.2 Å². The van der Waals surface area contributed by atoms with Crippen LogP contribution in [0.4, 0.5) is 29.3 Å². The molecule has 1 aromatic rings. The largest absolute Gasteiger partial charge is 0.444 e. The SMILES string of the molecule is CN(C)c1ccc(NC(=O)CC2(NC(=O)OC(C)(C)C)CCC2)c(C(F)(F)F)c1. The normalized spacial score (nSPS) is 15.9. The minimum atomic E-state index is -4.61. The first-order chi connectivity index (χ1) is 13.2. The Kier molecular flexibility index (Phi) is 6.39. The maximum absolute atomic E-state index is 13.4. The molecule has 1 aliphatic carbocycles. The third kappa shape index (κ3) is 6.27. The first-order valence-electron chi connectivity index (χ1n) is 9.40. The molecule has 0 heterocycles. The van der Waals surface area contributed by atoms with Gasteiger partial charge < -0.3 is 20.3 Å². The molecule has 0 saturated heterocycles. The monoisotopic (exact) mass is 415 g/mol. The number of carbonyl (C=O) groups is 2. The molecular weight excluding hydrogens is 387 g/mol. The number of halogens is 3. The van der Waals surface area contributed by atoms with Crippen molar-refractivity contribution >= 4 is 23.4 Å². The number of alkyl carbamates (subject to hydrolysis) is 1. The number of alkyl halides is 3. The van der Waals surface area contributed by atoms with Crippen molar-refractivity contribution in [3.63, 3.8) is 0 Å². The van der Waals surface area contributed by atoms with Gasteiger partial charge in [0.1, 0.15) is 5.60 Å². The highest BCUT2D eigenvalue weighted by Crippen LogP contribution is 2.39. The average Bonchev–Trinajstić information content (AvgIpc) is 2.49. The van der Waals surface area contributed by atoms with Gasteiger partial charge in [0.2, 0.25) is 5.91 Å². The summed E-state index contributed by atoms with van der Waals surface area (Å²) >= 11 is 0. The highest BCUT2D eigenvalue weighted by Gasteiger charge is 2.42. The summed E-state index contributed by atoms with van der Waals surface area (Å²) < 4.78 is 45.6. The van der Waals surface area contributed by atoms with Gasteiger partial charge in [-0.3, -0.25) is 4.79 Å². The quantitative estimate of drug-likeness (QED) is 0.740. The van der Waals surface area contributed by atoms with E-state index in [2.05, 4.69) is 10.6 Å². The van der Waals surface area contributed by atoms with Gasteiger partial charge in [0.05, 0.1) is 23.2 Å². The van der Waals surface area contributed by atoms with Gasteiger partial charge in [0, 0.05) is 19.8 Å². The first kappa shape index (κ1) is 22.8. The maximum Gasteiger partial charge on any atom is 0.418 e. The van der Waals surface area contributed by atoms with Crippen molar-refractivity contribution in [1.29, 1.82) is 0 Å². The lowest BCUT2D eigenvalue weighted by Crippen LogP contribution is -2.56. The zero-order chi connectivity index (χ0) is 22.0. The Labute approximate surface area is 168 Å². The van der Waals surface area contributed by atoms with E-state index < -0.39 is 34.9 Å². The number of nitrogens with one attached hydrogen (secondary N) is 2. The molecule has 1 saturated carbocycles. The van der Waals surface area contributed by atoms with Gasteiger partial charge in [0.25, 0.3) is 0 Å². The Hall–Kier alpha value is -2.45. The second-order valence-corrected chi connectivity index (χ2v) is 8.61. The molecule has 0 aliphatic heterocycles. The van der Waals surface area contributed by atoms with Crippen molar-refractivity contribution in [2.24, 2.45) is 0 Å². The van der Waals surface area contributed by atoms with Crippen molar-refractivity contribution in [2.75, 3.05) is 24.3 Å². The molecule has 2 N–H and O–H groups in total. The van der Waals surface area contributed by atoms with Crippen molar-refractivity contribution in [2.45, 2.75) is 63.8 Å². The molecule has 1 aliphatic rings. The lowest BCUT2D eigenvalue weighted by molar-refractivity contribution is -0.136. The molecule has 0 unspecified atom stereocenters. The summed E-state index contributed by atoms with van der Waals surface area (Å²) in [6.07, 6.45) is -3.45. The van der Waals surface area contributed by atoms with Gasteiger partial charge in [-0.25, -0.2) is 4.79 Å². The molecule has 1 aromatic carbocycles. The van der Waals surface area contributed by atoms with Crippen molar-refractivity contribution in [1.82, 2.24) is 5.32 Å². The maximum atomic E-state index is 13.4. The number of ether oxygens (including phenoxy) is 1. The lowest BCUT2D eigenvalue weighted by Gasteiger charge is -2.42. The van der Waals surface area contributed by atoms with Crippen molar-refractivity contribution < 1.29 is 27.5 Å². The number of benzene rings is 1. The van der Waals surface area contributed by atoms with E-state index in [9.17, 15) is 22.8 Å². The highest BCUT2D eigenvalue weighted by molar-refractivity contribution is 5.93.